The van der Waals surface area contributed by atoms with E-state index in [4.69, 9.17) is 9.84 Å². The smallest absolute Gasteiger partial charge is 0.409 e. The number of nitrogens with zero attached hydrogens (tertiary/aromatic N) is 4. The zero-order valence-corrected chi connectivity index (χ0v) is 15.1. The van der Waals surface area contributed by atoms with Gasteiger partial charge in [0.05, 0.1) is 18.8 Å². The van der Waals surface area contributed by atoms with Crippen molar-refractivity contribution in [2.75, 3.05) is 40.4 Å². The number of rotatable bonds is 7. The second kappa shape index (κ2) is 8.95. The number of likely N-dealkylation sites (N-methyl/N-ethyl adjacent to an activating group) is 2. The molecule has 0 bridgehead atoms. The number of aliphatic hydroxyl groups is 1. The number of fused-ring (bicyclic) bond motifs is 1. The molecule has 2 aromatic heterocycles. The number of aliphatic hydroxyl groups excluding tert-OH is 1. The van der Waals surface area contributed by atoms with Gasteiger partial charge in [-0.3, -0.25) is 9.89 Å². The van der Waals surface area contributed by atoms with E-state index in [0.29, 0.717) is 5.65 Å². The zero-order valence-electron chi connectivity index (χ0n) is 15.1. The summed E-state index contributed by atoms with van der Waals surface area (Å²) >= 11 is 0. The van der Waals surface area contributed by atoms with E-state index in [2.05, 4.69) is 15.2 Å². The van der Waals surface area contributed by atoms with Crippen LogP contribution >= 0.6 is 0 Å². The molecular formula is C17H23N5O4. The number of nitrogens with one attached hydrogen (secondary N) is 1. The Labute approximate surface area is 151 Å². The largest absolute Gasteiger partial charge is 0.448 e. The topological polar surface area (TPSA) is 112 Å². The summed E-state index contributed by atoms with van der Waals surface area (Å²) < 4.78 is 5.05. The van der Waals surface area contributed by atoms with E-state index in [9.17, 15) is 9.59 Å². The number of carbonyl (C=O) groups is 2. The summed E-state index contributed by atoms with van der Waals surface area (Å²) in [5.74, 6) is -0.214. The number of ether oxygens (including phenoxy) is 1. The summed E-state index contributed by atoms with van der Waals surface area (Å²) in [6.45, 7) is 2.21. The SMILES string of the molecule is C/C(=C\C(=O)N(C)CCOC(=O)N(C)CCO)c1[nH]nc2ncccc12. The van der Waals surface area contributed by atoms with E-state index in [1.807, 2.05) is 19.1 Å². The van der Waals surface area contributed by atoms with Crippen molar-refractivity contribution in [3.05, 3.63) is 30.1 Å². The lowest BCUT2D eigenvalue weighted by Gasteiger charge is -2.18. The fraction of sp³-hybridized carbons (Fsp3) is 0.412. The average Bonchev–Trinajstić information content (AvgIpc) is 3.05. The lowest BCUT2D eigenvalue weighted by Crippen LogP contribution is -2.34. The third-order valence-electron chi connectivity index (χ3n) is 3.84. The molecule has 0 atom stereocenters. The van der Waals surface area contributed by atoms with Crippen LogP contribution in [0, 0.1) is 0 Å². The molecule has 2 aromatic rings. The second-order valence-corrected chi connectivity index (χ2v) is 5.82. The highest BCUT2D eigenvalue weighted by atomic mass is 16.6. The molecule has 0 saturated carbocycles. The third-order valence-corrected chi connectivity index (χ3v) is 3.84. The molecule has 0 aliphatic carbocycles. The first kappa shape index (κ1) is 19.4. The lowest BCUT2D eigenvalue weighted by atomic mass is 10.1. The molecule has 2 amide bonds. The number of carbonyl (C=O) groups excluding carboxylic acids is 2. The van der Waals surface area contributed by atoms with Crippen molar-refractivity contribution >= 4 is 28.6 Å². The summed E-state index contributed by atoms with van der Waals surface area (Å²) in [6, 6.07) is 3.69. The minimum Gasteiger partial charge on any atom is -0.448 e. The molecule has 0 aliphatic heterocycles. The van der Waals surface area contributed by atoms with E-state index < -0.39 is 6.09 Å². The number of hydrogen-bond donors (Lipinski definition) is 2. The van der Waals surface area contributed by atoms with Gasteiger partial charge < -0.3 is 19.6 Å². The molecule has 0 spiro atoms. The van der Waals surface area contributed by atoms with E-state index in [1.165, 1.54) is 22.9 Å². The molecular weight excluding hydrogens is 338 g/mol. The van der Waals surface area contributed by atoms with Crippen LogP contribution in [0.1, 0.15) is 12.6 Å². The summed E-state index contributed by atoms with van der Waals surface area (Å²) in [5.41, 5.74) is 2.07. The Bertz CT molecular complexity index is 801. The Morgan fingerprint density at radius 2 is 2.08 bits per heavy atom. The van der Waals surface area contributed by atoms with Gasteiger partial charge in [0, 0.05) is 38.3 Å². The molecule has 0 fully saturated rings. The number of allylic oxidation sites excluding steroid dienone is 1. The number of amides is 2. The molecule has 2 N–H and O–H groups in total. The highest BCUT2D eigenvalue weighted by Crippen LogP contribution is 2.20. The van der Waals surface area contributed by atoms with E-state index in [-0.39, 0.29) is 32.2 Å². The molecule has 0 aromatic carbocycles. The van der Waals surface area contributed by atoms with Gasteiger partial charge in [0.1, 0.15) is 6.61 Å². The van der Waals surface area contributed by atoms with Gasteiger partial charge in [-0.05, 0) is 24.6 Å². The predicted octanol–water partition coefficient (Wildman–Crippen LogP) is 0.880. The maximum absolute atomic E-state index is 12.3. The van der Waals surface area contributed by atoms with E-state index in [0.717, 1.165) is 16.7 Å². The first-order valence-corrected chi connectivity index (χ1v) is 8.15. The predicted molar refractivity (Wildman–Crippen MR) is 96.2 cm³/mol. The minimum atomic E-state index is -0.539. The summed E-state index contributed by atoms with van der Waals surface area (Å²) in [7, 11) is 3.16. The zero-order chi connectivity index (χ0) is 19.1. The number of hydrogen-bond acceptors (Lipinski definition) is 6. The maximum atomic E-state index is 12.3. The summed E-state index contributed by atoms with van der Waals surface area (Å²) in [5, 5.41) is 16.6. The van der Waals surface area contributed by atoms with Gasteiger partial charge >= 0.3 is 6.09 Å². The normalized spacial score (nSPS) is 11.5. The molecule has 0 saturated heterocycles. The number of aromatic amines is 1. The van der Waals surface area contributed by atoms with Gasteiger partial charge in [0.25, 0.3) is 0 Å². The molecule has 140 valence electrons. The second-order valence-electron chi connectivity index (χ2n) is 5.82. The van der Waals surface area contributed by atoms with E-state index in [1.54, 1.807) is 13.2 Å². The van der Waals surface area contributed by atoms with Crippen LogP contribution < -0.4 is 0 Å². The van der Waals surface area contributed by atoms with Gasteiger partial charge in [0.15, 0.2) is 5.65 Å². The van der Waals surface area contributed by atoms with Crippen LogP contribution in [0.4, 0.5) is 4.79 Å². The first-order valence-electron chi connectivity index (χ1n) is 8.15. The summed E-state index contributed by atoms with van der Waals surface area (Å²) in [4.78, 5) is 30.8. The van der Waals surface area contributed by atoms with Crippen molar-refractivity contribution in [3.63, 3.8) is 0 Å². The monoisotopic (exact) mass is 361 g/mol. The molecule has 0 aliphatic rings. The number of H-pyrrole nitrogens is 1. The van der Waals surface area contributed by atoms with Crippen LogP contribution in [0.3, 0.4) is 0 Å². The van der Waals surface area contributed by atoms with Crippen LogP contribution in [0.5, 0.6) is 0 Å². The fourth-order valence-electron chi connectivity index (χ4n) is 2.25. The average molecular weight is 361 g/mol. The standard InChI is InChI=1S/C17H23N5O4/c1-12(15-13-5-4-6-18-16(13)20-19-15)11-14(24)21(2)8-10-26-17(25)22(3)7-9-23/h4-6,11,23H,7-10H2,1-3H3,(H,18,19,20)/b12-11+. The Morgan fingerprint density at radius 1 is 1.31 bits per heavy atom. The van der Waals surface area contributed by atoms with Crippen LogP contribution in [-0.4, -0.2) is 82.5 Å². The van der Waals surface area contributed by atoms with Gasteiger partial charge in [-0.15, -0.1) is 0 Å². The van der Waals surface area contributed by atoms with Crippen LogP contribution in [-0.2, 0) is 9.53 Å². The number of pyridine rings is 1. The Kier molecular flexibility index (Phi) is 6.67. The molecule has 0 unspecified atom stereocenters. The highest BCUT2D eigenvalue weighted by Gasteiger charge is 2.13. The molecule has 9 nitrogen and oxygen atoms in total. The number of aromatic nitrogens is 3. The van der Waals surface area contributed by atoms with Crippen LogP contribution in [0.25, 0.3) is 16.6 Å². The Balaban J connectivity index is 1.91. The summed E-state index contributed by atoms with van der Waals surface area (Å²) in [6.07, 6.45) is 2.62. The third kappa shape index (κ3) is 4.79. The minimum absolute atomic E-state index is 0.0701. The van der Waals surface area contributed by atoms with Crippen molar-refractivity contribution in [2.45, 2.75) is 6.92 Å². The fourth-order valence-corrected chi connectivity index (χ4v) is 2.25. The van der Waals surface area contributed by atoms with Crippen LogP contribution in [0.15, 0.2) is 24.4 Å². The first-order chi connectivity index (χ1) is 12.4. The molecule has 2 rings (SSSR count). The van der Waals surface area contributed by atoms with Crippen molar-refractivity contribution in [2.24, 2.45) is 0 Å². The highest BCUT2D eigenvalue weighted by molar-refractivity contribution is 5.98. The van der Waals surface area contributed by atoms with Gasteiger partial charge in [-0.25, -0.2) is 9.78 Å². The Morgan fingerprint density at radius 3 is 2.81 bits per heavy atom. The molecule has 2 heterocycles. The van der Waals surface area contributed by atoms with E-state index >= 15 is 0 Å². The van der Waals surface area contributed by atoms with Gasteiger partial charge in [-0.2, -0.15) is 5.10 Å². The van der Waals surface area contributed by atoms with Gasteiger partial charge in [0.2, 0.25) is 5.91 Å². The molecule has 9 heteroatoms. The maximum Gasteiger partial charge on any atom is 0.409 e. The van der Waals surface area contributed by atoms with Crippen molar-refractivity contribution in [1.29, 1.82) is 0 Å². The van der Waals surface area contributed by atoms with Gasteiger partial charge in [-0.1, -0.05) is 0 Å². The Hall–Kier alpha value is -2.94. The quantitative estimate of drug-likeness (QED) is 0.708. The lowest BCUT2D eigenvalue weighted by molar-refractivity contribution is -0.125. The molecule has 0 radical (unpaired) electrons. The van der Waals surface area contributed by atoms with Crippen molar-refractivity contribution in [1.82, 2.24) is 25.0 Å². The molecule has 26 heavy (non-hydrogen) atoms. The van der Waals surface area contributed by atoms with Crippen LogP contribution in [0.2, 0.25) is 0 Å². The van der Waals surface area contributed by atoms with Crippen molar-refractivity contribution in [3.8, 4) is 0 Å². The van der Waals surface area contributed by atoms with Crippen molar-refractivity contribution < 1.29 is 19.4 Å².